The van der Waals surface area contributed by atoms with E-state index in [1.54, 1.807) is 18.2 Å². The second kappa shape index (κ2) is 7.11. The number of nitrogens with zero attached hydrogens (tertiary/aromatic N) is 1. The molecule has 2 unspecified atom stereocenters. The number of halogens is 1. The van der Waals surface area contributed by atoms with E-state index in [9.17, 15) is 4.79 Å². The lowest BCUT2D eigenvalue weighted by Gasteiger charge is -2.26. The van der Waals surface area contributed by atoms with E-state index < -0.39 is 0 Å². The van der Waals surface area contributed by atoms with Crippen LogP contribution in [0.1, 0.15) is 19.8 Å². The van der Waals surface area contributed by atoms with Gasteiger partial charge in [0.25, 0.3) is 0 Å². The highest BCUT2D eigenvalue weighted by Gasteiger charge is 2.27. The smallest absolute Gasteiger partial charge is 0.225 e. The number of ether oxygens (including phenoxy) is 1. The van der Waals surface area contributed by atoms with Gasteiger partial charge in [0.05, 0.1) is 16.8 Å². The molecule has 1 heterocycles. The minimum atomic E-state index is -0.0323. The molecule has 1 amide bonds. The number of nitrogens with one attached hydrogen (secondary N) is 1. The normalized spacial score (nSPS) is 21.7. The zero-order valence-electron chi connectivity index (χ0n) is 12.4. The SMILES string of the molecule is CC1OCCC1N(C)CCC(=O)Nc1ccc(Cl)c(N)c1. The summed E-state index contributed by atoms with van der Waals surface area (Å²) in [5.74, 6) is -0.0323. The molecule has 2 atom stereocenters. The maximum Gasteiger partial charge on any atom is 0.225 e. The van der Waals surface area contributed by atoms with Crippen molar-refractivity contribution in [3.05, 3.63) is 23.2 Å². The van der Waals surface area contributed by atoms with Crippen LogP contribution < -0.4 is 11.1 Å². The van der Waals surface area contributed by atoms with Crippen LogP contribution in [0.2, 0.25) is 5.02 Å². The highest BCUT2D eigenvalue weighted by Crippen LogP contribution is 2.22. The molecule has 5 nitrogen and oxygen atoms in total. The van der Waals surface area contributed by atoms with Gasteiger partial charge in [-0.1, -0.05) is 11.6 Å². The lowest BCUT2D eigenvalue weighted by atomic mass is 10.1. The fourth-order valence-corrected chi connectivity index (χ4v) is 2.71. The maximum absolute atomic E-state index is 12.0. The van der Waals surface area contributed by atoms with E-state index >= 15 is 0 Å². The van der Waals surface area contributed by atoms with Crippen molar-refractivity contribution in [2.24, 2.45) is 0 Å². The summed E-state index contributed by atoms with van der Waals surface area (Å²) in [6.45, 7) is 3.57. The third-order valence-electron chi connectivity index (χ3n) is 3.87. The van der Waals surface area contributed by atoms with E-state index in [1.807, 2.05) is 7.05 Å². The Bertz CT molecular complexity index is 510. The highest BCUT2D eigenvalue weighted by molar-refractivity contribution is 6.33. The van der Waals surface area contributed by atoms with Gasteiger partial charge in [-0.05, 0) is 38.6 Å². The number of likely N-dealkylation sites (N-methyl/N-ethyl adjacent to an activating group) is 1. The molecule has 0 spiro atoms. The summed E-state index contributed by atoms with van der Waals surface area (Å²) in [5, 5.41) is 3.32. The van der Waals surface area contributed by atoms with Crippen LogP contribution >= 0.6 is 11.6 Å². The van der Waals surface area contributed by atoms with Gasteiger partial charge in [-0.15, -0.1) is 0 Å². The van der Waals surface area contributed by atoms with Crippen molar-refractivity contribution in [3.63, 3.8) is 0 Å². The summed E-state index contributed by atoms with van der Waals surface area (Å²) in [6.07, 6.45) is 1.68. The lowest BCUT2D eigenvalue weighted by molar-refractivity contribution is -0.116. The van der Waals surface area contributed by atoms with Crippen molar-refractivity contribution < 1.29 is 9.53 Å². The number of hydrogen-bond donors (Lipinski definition) is 2. The quantitative estimate of drug-likeness (QED) is 0.819. The van der Waals surface area contributed by atoms with E-state index in [0.29, 0.717) is 35.4 Å². The average molecular weight is 312 g/mol. The number of rotatable bonds is 5. The molecule has 0 aromatic heterocycles. The van der Waals surface area contributed by atoms with Crippen molar-refractivity contribution in [2.75, 3.05) is 31.2 Å². The molecule has 1 saturated heterocycles. The second-order valence-corrected chi connectivity index (χ2v) is 5.85. The molecule has 0 radical (unpaired) electrons. The number of amides is 1. The minimum absolute atomic E-state index is 0.0323. The summed E-state index contributed by atoms with van der Waals surface area (Å²) >= 11 is 5.85. The first-order valence-corrected chi connectivity index (χ1v) is 7.52. The Morgan fingerprint density at radius 1 is 1.57 bits per heavy atom. The van der Waals surface area contributed by atoms with Gasteiger partial charge in [-0.25, -0.2) is 0 Å². The average Bonchev–Trinajstić information content (AvgIpc) is 2.86. The highest BCUT2D eigenvalue weighted by atomic mass is 35.5. The van der Waals surface area contributed by atoms with Crippen LogP contribution in [0, 0.1) is 0 Å². The molecule has 1 aromatic rings. The van der Waals surface area contributed by atoms with Crippen LogP contribution in [0.25, 0.3) is 0 Å². The van der Waals surface area contributed by atoms with Crippen LogP contribution in [0.3, 0.4) is 0 Å². The van der Waals surface area contributed by atoms with Crippen LogP contribution in [-0.4, -0.2) is 43.2 Å². The van der Waals surface area contributed by atoms with Gasteiger partial charge in [-0.2, -0.15) is 0 Å². The van der Waals surface area contributed by atoms with E-state index in [0.717, 1.165) is 13.0 Å². The van der Waals surface area contributed by atoms with Crippen molar-refractivity contribution in [3.8, 4) is 0 Å². The monoisotopic (exact) mass is 311 g/mol. The molecule has 6 heteroatoms. The van der Waals surface area contributed by atoms with Gasteiger partial charge in [0, 0.05) is 31.3 Å². The van der Waals surface area contributed by atoms with Gasteiger partial charge in [0.2, 0.25) is 5.91 Å². The third-order valence-corrected chi connectivity index (χ3v) is 4.22. The van der Waals surface area contributed by atoms with Crippen molar-refractivity contribution in [1.82, 2.24) is 4.90 Å². The Labute approximate surface area is 130 Å². The Morgan fingerprint density at radius 3 is 2.95 bits per heavy atom. The molecule has 0 aliphatic carbocycles. The fourth-order valence-electron chi connectivity index (χ4n) is 2.59. The minimum Gasteiger partial charge on any atom is -0.397 e. The number of nitrogens with two attached hydrogens (primary N) is 1. The summed E-state index contributed by atoms with van der Waals surface area (Å²) in [4.78, 5) is 14.2. The van der Waals surface area contributed by atoms with E-state index in [1.165, 1.54) is 0 Å². The summed E-state index contributed by atoms with van der Waals surface area (Å²) in [7, 11) is 2.03. The number of carbonyl (C=O) groups is 1. The van der Waals surface area contributed by atoms with Crippen LogP contribution in [0.5, 0.6) is 0 Å². The maximum atomic E-state index is 12.0. The number of hydrogen-bond acceptors (Lipinski definition) is 4. The Morgan fingerprint density at radius 2 is 2.33 bits per heavy atom. The standard InChI is InChI=1S/C15H22ClN3O2/c1-10-14(6-8-21-10)19(2)7-5-15(20)18-11-3-4-12(16)13(17)9-11/h3-4,9-10,14H,5-8,17H2,1-2H3,(H,18,20). The zero-order chi connectivity index (χ0) is 15.4. The molecule has 0 bridgehead atoms. The largest absolute Gasteiger partial charge is 0.397 e. The Balaban J connectivity index is 1.80. The topological polar surface area (TPSA) is 67.6 Å². The lowest BCUT2D eigenvalue weighted by Crippen LogP contribution is -2.38. The Kier molecular flexibility index (Phi) is 5.45. The molecule has 1 aliphatic rings. The van der Waals surface area contributed by atoms with E-state index in [2.05, 4.69) is 17.1 Å². The van der Waals surface area contributed by atoms with Crippen LogP contribution in [0.15, 0.2) is 18.2 Å². The molecule has 116 valence electrons. The first-order valence-electron chi connectivity index (χ1n) is 7.14. The number of nitrogen functional groups attached to an aromatic ring is 1. The van der Waals surface area contributed by atoms with Gasteiger partial charge in [0.1, 0.15) is 0 Å². The van der Waals surface area contributed by atoms with Gasteiger partial charge < -0.3 is 20.7 Å². The molecular formula is C15H22ClN3O2. The van der Waals surface area contributed by atoms with Crippen LogP contribution in [0.4, 0.5) is 11.4 Å². The first kappa shape index (κ1) is 16.1. The molecular weight excluding hydrogens is 290 g/mol. The van der Waals surface area contributed by atoms with Crippen molar-refractivity contribution >= 4 is 28.9 Å². The molecule has 1 aliphatic heterocycles. The first-order chi connectivity index (χ1) is 9.97. The fraction of sp³-hybridized carbons (Fsp3) is 0.533. The molecule has 21 heavy (non-hydrogen) atoms. The molecule has 3 N–H and O–H groups in total. The number of carbonyl (C=O) groups excluding carboxylic acids is 1. The van der Waals surface area contributed by atoms with E-state index in [-0.39, 0.29) is 12.0 Å². The number of benzene rings is 1. The molecule has 1 aromatic carbocycles. The van der Waals surface area contributed by atoms with Crippen molar-refractivity contribution in [1.29, 1.82) is 0 Å². The van der Waals surface area contributed by atoms with Crippen LogP contribution in [-0.2, 0) is 9.53 Å². The third kappa shape index (κ3) is 4.33. The van der Waals surface area contributed by atoms with Gasteiger partial charge in [0.15, 0.2) is 0 Å². The second-order valence-electron chi connectivity index (χ2n) is 5.45. The predicted molar refractivity (Wildman–Crippen MR) is 85.6 cm³/mol. The molecule has 1 fully saturated rings. The Hall–Kier alpha value is -1.30. The zero-order valence-corrected chi connectivity index (χ0v) is 13.2. The summed E-state index contributed by atoms with van der Waals surface area (Å²) < 4.78 is 5.54. The summed E-state index contributed by atoms with van der Waals surface area (Å²) in [5.41, 5.74) is 6.84. The molecule has 0 saturated carbocycles. The molecule has 2 rings (SSSR count). The van der Waals surface area contributed by atoms with Crippen molar-refractivity contribution in [2.45, 2.75) is 31.9 Å². The predicted octanol–water partition coefficient (Wildman–Crippen LogP) is 2.36. The summed E-state index contributed by atoms with van der Waals surface area (Å²) in [6, 6.07) is 5.48. The van der Waals surface area contributed by atoms with Gasteiger partial charge in [-0.3, -0.25) is 4.79 Å². The van der Waals surface area contributed by atoms with Gasteiger partial charge >= 0.3 is 0 Å². The number of anilines is 2. The van der Waals surface area contributed by atoms with E-state index in [4.69, 9.17) is 22.1 Å².